The Labute approximate surface area is 154 Å². The first-order chi connectivity index (χ1) is 12.4. The minimum absolute atomic E-state index is 0.0196. The lowest BCUT2D eigenvalue weighted by molar-refractivity contribution is -0.129. The third-order valence-electron chi connectivity index (χ3n) is 4.06. The predicted molar refractivity (Wildman–Crippen MR) is 104 cm³/mol. The second-order valence-corrected chi connectivity index (χ2v) is 6.15. The average molecular weight is 352 g/mol. The van der Waals surface area contributed by atoms with Crippen LogP contribution >= 0.6 is 0 Å². The van der Waals surface area contributed by atoms with Crippen molar-refractivity contribution in [1.29, 1.82) is 0 Å². The first-order valence-corrected chi connectivity index (χ1v) is 8.33. The van der Waals surface area contributed by atoms with Gasteiger partial charge in [0, 0.05) is 18.8 Å². The molecule has 0 saturated carbocycles. The van der Waals surface area contributed by atoms with Crippen LogP contribution in [0.25, 0.3) is 6.08 Å². The van der Waals surface area contributed by atoms with E-state index in [9.17, 15) is 9.59 Å². The molecule has 0 aromatic heterocycles. The van der Waals surface area contributed by atoms with E-state index in [1.165, 1.54) is 11.0 Å². The highest BCUT2D eigenvalue weighted by atomic mass is 16.5. The third kappa shape index (κ3) is 5.48. The SMILES string of the molecule is COc1cccc(/C=C/C(=O)N(C)CC(=O)Nc2ccc(C)c(C)c2)c1. The number of rotatable bonds is 6. The Hall–Kier alpha value is -3.08. The van der Waals surface area contributed by atoms with E-state index in [0.717, 1.165) is 28.1 Å². The number of anilines is 1. The molecule has 26 heavy (non-hydrogen) atoms. The smallest absolute Gasteiger partial charge is 0.246 e. The minimum atomic E-state index is -0.247. The Morgan fingerprint density at radius 2 is 1.88 bits per heavy atom. The summed E-state index contributed by atoms with van der Waals surface area (Å²) in [6.07, 6.45) is 3.14. The van der Waals surface area contributed by atoms with Crippen molar-refractivity contribution in [3.63, 3.8) is 0 Å². The van der Waals surface area contributed by atoms with Crippen LogP contribution in [-0.2, 0) is 9.59 Å². The number of ether oxygens (including phenoxy) is 1. The Morgan fingerprint density at radius 3 is 2.58 bits per heavy atom. The number of aryl methyl sites for hydroxylation is 2. The van der Waals surface area contributed by atoms with Crippen molar-refractivity contribution < 1.29 is 14.3 Å². The highest BCUT2D eigenvalue weighted by molar-refractivity contribution is 5.98. The summed E-state index contributed by atoms with van der Waals surface area (Å²) in [5.74, 6) is 0.239. The zero-order valence-electron chi connectivity index (χ0n) is 15.6. The van der Waals surface area contributed by atoms with Crippen LogP contribution < -0.4 is 10.1 Å². The van der Waals surface area contributed by atoms with E-state index in [1.54, 1.807) is 20.2 Å². The van der Waals surface area contributed by atoms with E-state index in [4.69, 9.17) is 4.74 Å². The van der Waals surface area contributed by atoms with Crippen LogP contribution in [0.2, 0.25) is 0 Å². The standard InChI is InChI=1S/C21H24N2O3/c1-15-8-10-18(12-16(15)2)22-20(24)14-23(3)21(25)11-9-17-6-5-7-19(13-17)26-4/h5-13H,14H2,1-4H3,(H,22,24)/b11-9+. The molecule has 2 aromatic rings. The van der Waals surface area contributed by atoms with Gasteiger partial charge >= 0.3 is 0 Å². The van der Waals surface area contributed by atoms with Crippen LogP contribution in [-0.4, -0.2) is 37.4 Å². The number of carbonyl (C=O) groups excluding carboxylic acids is 2. The van der Waals surface area contributed by atoms with Crippen molar-refractivity contribution in [3.8, 4) is 5.75 Å². The Balaban J connectivity index is 1.91. The number of nitrogens with zero attached hydrogens (tertiary/aromatic N) is 1. The number of hydrogen-bond donors (Lipinski definition) is 1. The number of nitrogens with one attached hydrogen (secondary N) is 1. The molecule has 0 aliphatic heterocycles. The average Bonchev–Trinajstić information content (AvgIpc) is 2.62. The maximum Gasteiger partial charge on any atom is 0.246 e. The molecule has 2 aromatic carbocycles. The molecule has 0 atom stereocenters. The molecule has 0 fully saturated rings. The van der Waals surface area contributed by atoms with Gasteiger partial charge in [0.05, 0.1) is 13.7 Å². The molecule has 0 bridgehead atoms. The van der Waals surface area contributed by atoms with Gasteiger partial charge in [0.25, 0.3) is 0 Å². The Bertz CT molecular complexity index is 828. The second-order valence-electron chi connectivity index (χ2n) is 6.15. The van der Waals surface area contributed by atoms with Gasteiger partial charge in [0.1, 0.15) is 5.75 Å². The van der Waals surface area contributed by atoms with Gasteiger partial charge in [-0.25, -0.2) is 0 Å². The Kier molecular flexibility index (Phi) is 6.55. The third-order valence-corrected chi connectivity index (χ3v) is 4.06. The first-order valence-electron chi connectivity index (χ1n) is 8.33. The fourth-order valence-corrected chi connectivity index (χ4v) is 2.35. The summed E-state index contributed by atoms with van der Waals surface area (Å²) < 4.78 is 5.15. The van der Waals surface area contributed by atoms with E-state index in [1.807, 2.05) is 56.3 Å². The number of hydrogen-bond acceptors (Lipinski definition) is 3. The number of likely N-dealkylation sites (N-methyl/N-ethyl adjacent to an activating group) is 1. The molecule has 0 radical (unpaired) electrons. The van der Waals surface area contributed by atoms with Crippen LogP contribution in [0, 0.1) is 13.8 Å². The van der Waals surface area contributed by atoms with E-state index >= 15 is 0 Å². The van der Waals surface area contributed by atoms with Crippen LogP contribution in [0.4, 0.5) is 5.69 Å². The van der Waals surface area contributed by atoms with Crippen LogP contribution in [0.3, 0.4) is 0 Å². The van der Waals surface area contributed by atoms with Crippen LogP contribution in [0.1, 0.15) is 16.7 Å². The monoisotopic (exact) mass is 352 g/mol. The quantitative estimate of drug-likeness (QED) is 0.811. The van der Waals surface area contributed by atoms with Gasteiger partial charge in [0.2, 0.25) is 11.8 Å². The molecule has 2 amide bonds. The van der Waals surface area contributed by atoms with Crippen molar-refractivity contribution in [2.75, 3.05) is 26.0 Å². The number of methoxy groups -OCH3 is 1. The molecule has 0 heterocycles. The van der Waals surface area contributed by atoms with Gasteiger partial charge in [-0.05, 0) is 60.9 Å². The fourth-order valence-electron chi connectivity index (χ4n) is 2.35. The Morgan fingerprint density at radius 1 is 1.12 bits per heavy atom. The normalized spacial score (nSPS) is 10.6. The minimum Gasteiger partial charge on any atom is -0.497 e. The maximum absolute atomic E-state index is 12.2. The van der Waals surface area contributed by atoms with Crippen LogP contribution in [0.15, 0.2) is 48.5 Å². The molecular weight excluding hydrogens is 328 g/mol. The maximum atomic E-state index is 12.2. The highest BCUT2D eigenvalue weighted by Gasteiger charge is 2.11. The van der Waals surface area contributed by atoms with E-state index < -0.39 is 0 Å². The number of amides is 2. The van der Waals surface area contributed by atoms with E-state index in [2.05, 4.69) is 5.32 Å². The van der Waals surface area contributed by atoms with E-state index in [0.29, 0.717) is 0 Å². The summed E-state index contributed by atoms with van der Waals surface area (Å²) in [5, 5.41) is 2.81. The fraction of sp³-hybridized carbons (Fsp3) is 0.238. The molecule has 1 N–H and O–H groups in total. The predicted octanol–water partition coefficient (Wildman–Crippen LogP) is 3.42. The van der Waals surface area contributed by atoms with Gasteiger partial charge in [-0.15, -0.1) is 0 Å². The zero-order valence-corrected chi connectivity index (χ0v) is 15.6. The van der Waals surface area contributed by atoms with Crippen molar-refractivity contribution in [2.45, 2.75) is 13.8 Å². The summed E-state index contributed by atoms with van der Waals surface area (Å²) in [4.78, 5) is 25.7. The van der Waals surface area contributed by atoms with Crippen molar-refractivity contribution >= 4 is 23.6 Å². The lowest BCUT2D eigenvalue weighted by Gasteiger charge is -2.15. The summed E-state index contributed by atoms with van der Waals surface area (Å²) in [6.45, 7) is 3.99. The van der Waals surface area contributed by atoms with Crippen LogP contribution in [0.5, 0.6) is 5.75 Å². The van der Waals surface area contributed by atoms with Gasteiger partial charge in [-0.2, -0.15) is 0 Å². The first kappa shape index (κ1) is 19.2. The molecule has 0 saturated heterocycles. The lowest BCUT2D eigenvalue weighted by Crippen LogP contribution is -2.33. The van der Waals surface area contributed by atoms with Gasteiger partial charge in [0.15, 0.2) is 0 Å². The summed E-state index contributed by atoms with van der Waals surface area (Å²) >= 11 is 0. The molecule has 5 heteroatoms. The summed E-state index contributed by atoms with van der Waals surface area (Å²) in [5.41, 5.74) is 3.85. The van der Waals surface area contributed by atoms with E-state index in [-0.39, 0.29) is 18.4 Å². The van der Waals surface area contributed by atoms with Crippen molar-refractivity contribution in [3.05, 3.63) is 65.2 Å². The van der Waals surface area contributed by atoms with Gasteiger partial charge in [-0.3, -0.25) is 9.59 Å². The molecule has 2 rings (SSSR count). The lowest BCUT2D eigenvalue weighted by atomic mass is 10.1. The van der Waals surface area contributed by atoms with Crippen molar-refractivity contribution in [1.82, 2.24) is 4.90 Å². The second kappa shape index (κ2) is 8.85. The summed E-state index contributed by atoms with van der Waals surface area (Å²) in [6, 6.07) is 13.1. The zero-order chi connectivity index (χ0) is 19.1. The largest absolute Gasteiger partial charge is 0.497 e. The topological polar surface area (TPSA) is 58.6 Å². The molecular formula is C21H24N2O3. The molecule has 5 nitrogen and oxygen atoms in total. The molecule has 0 aliphatic rings. The van der Waals surface area contributed by atoms with Gasteiger partial charge < -0.3 is 15.0 Å². The molecule has 0 unspecified atom stereocenters. The van der Waals surface area contributed by atoms with Gasteiger partial charge in [-0.1, -0.05) is 18.2 Å². The molecule has 0 aliphatic carbocycles. The molecule has 136 valence electrons. The summed E-state index contributed by atoms with van der Waals surface area (Å²) in [7, 11) is 3.19. The number of carbonyl (C=O) groups is 2. The van der Waals surface area contributed by atoms with Crippen molar-refractivity contribution in [2.24, 2.45) is 0 Å². The highest BCUT2D eigenvalue weighted by Crippen LogP contribution is 2.15. The molecule has 0 spiro atoms. The number of benzene rings is 2.